The Labute approximate surface area is 280 Å². The highest BCUT2D eigenvalue weighted by molar-refractivity contribution is 5.86. The number of carbonyl (C=O) groups is 2. The highest BCUT2D eigenvalue weighted by Gasteiger charge is 2.29. The number of nitrogens with one attached hydrogen (secondary N) is 3. The summed E-state index contributed by atoms with van der Waals surface area (Å²) in [5, 5.41) is 7.62. The van der Waals surface area contributed by atoms with E-state index in [1.54, 1.807) is 33.5 Å². The van der Waals surface area contributed by atoms with Crippen LogP contribution in [0.2, 0.25) is 0 Å². The Morgan fingerprint density at radius 2 is 1.77 bits per heavy atom. The third kappa shape index (κ3) is 6.56. The van der Waals surface area contributed by atoms with E-state index in [2.05, 4.69) is 33.8 Å². The standard InChI is InChI=1S/C38H44N4O6/c1-23(43)40-30-15-13-24-20-34(46-2)37(47-3)38(48-4)36(24)27-14-16-31(33(44)21-28(27)30)39-18-9-5-6-12-35(45)42-19-17-26-25-10-7-8-11-29(25)41-32(26)22-42/h7-8,10-11,14,16,20-21,30,41H,5-6,9,12-13,15,17-19,22H2,1-4H3,(H,39,44)(H,40,43). The van der Waals surface area contributed by atoms with Gasteiger partial charge in [-0.25, -0.2) is 0 Å². The first-order valence-corrected chi connectivity index (χ1v) is 16.7. The average molecular weight is 653 g/mol. The number of aromatic nitrogens is 1. The first-order chi connectivity index (χ1) is 23.3. The van der Waals surface area contributed by atoms with Crippen molar-refractivity contribution in [3.8, 4) is 28.4 Å². The van der Waals surface area contributed by atoms with Crippen LogP contribution in [0.5, 0.6) is 17.2 Å². The van der Waals surface area contributed by atoms with Crippen LogP contribution in [-0.4, -0.2) is 56.1 Å². The number of carbonyl (C=O) groups excluding carboxylic acids is 2. The van der Waals surface area contributed by atoms with E-state index in [1.165, 1.54) is 17.9 Å². The first kappa shape index (κ1) is 32.9. The Bertz CT molecular complexity index is 1900. The molecule has 10 nitrogen and oxygen atoms in total. The second kappa shape index (κ2) is 14.4. The summed E-state index contributed by atoms with van der Waals surface area (Å²) < 4.78 is 17.2. The minimum Gasteiger partial charge on any atom is -0.493 e. The predicted octanol–water partition coefficient (Wildman–Crippen LogP) is 5.90. The number of unbranched alkanes of at least 4 members (excludes halogenated alkanes) is 2. The zero-order valence-corrected chi connectivity index (χ0v) is 28.2. The number of aromatic amines is 1. The fourth-order valence-corrected chi connectivity index (χ4v) is 7.22. The largest absolute Gasteiger partial charge is 0.493 e. The van der Waals surface area contributed by atoms with Crippen molar-refractivity contribution in [2.45, 2.75) is 64.5 Å². The first-order valence-electron chi connectivity index (χ1n) is 16.7. The van der Waals surface area contributed by atoms with E-state index in [0.29, 0.717) is 55.3 Å². The van der Waals surface area contributed by atoms with Crippen molar-refractivity contribution in [3.05, 3.63) is 81.1 Å². The van der Waals surface area contributed by atoms with Crippen LogP contribution in [0.4, 0.5) is 5.69 Å². The summed E-state index contributed by atoms with van der Waals surface area (Å²) in [6, 6.07) is 15.2. The SMILES string of the molecule is COc1cc2c(c(OC)c1OC)-c1ccc(NCCCCCC(=O)N3CCc4c([nH]c5ccccc45)C3)c(=O)cc1C(NC(C)=O)CC2. The van der Waals surface area contributed by atoms with E-state index in [0.717, 1.165) is 65.7 Å². The lowest BCUT2D eigenvalue weighted by Gasteiger charge is -2.27. The Morgan fingerprint density at radius 1 is 0.958 bits per heavy atom. The molecule has 0 bridgehead atoms. The van der Waals surface area contributed by atoms with E-state index in [-0.39, 0.29) is 23.3 Å². The van der Waals surface area contributed by atoms with E-state index >= 15 is 0 Å². The van der Waals surface area contributed by atoms with Crippen molar-refractivity contribution in [1.29, 1.82) is 0 Å². The van der Waals surface area contributed by atoms with Gasteiger partial charge in [0.2, 0.25) is 23.0 Å². The normalized spacial score (nSPS) is 15.1. The maximum atomic E-state index is 13.5. The Hall–Kier alpha value is -4.99. The van der Waals surface area contributed by atoms with Gasteiger partial charge in [-0.05, 0) is 78.6 Å². The number of ether oxygens (including phenoxy) is 3. The Kier molecular flexibility index (Phi) is 9.89. The molecule has 10 heteroatoms. The van der Waals surface area contributed by atoms with Crippen LogP contribution in [0.1, 0.15) is 67.5 Å². The minimum absolute atomic E-state index is 0.161. The number of H-pyrrole nitrogens is 1. The molecule has 1 aromatic heterocycles. The molecule has 0 fully saturated rings. The van der Waals surface area contributed by atoms with Crippen LogP contribution < -0.4 is 30.3 Å². The second-order valence-electron chi connectivity index (χ2n) is 12.5. The zero-order chi connectivity index (χ0) is 33.8. The molecule has 4 aromatic rings. The number of amides is 2. The number of benzene rings is 2. The van der Waals surface area contributed by atoms with Gasteiger partial charge in [-0.2, -0.15) is 0 Å². The van der Waals surface area contributed by atoms with Gasteiger partial charge in [-0.3, -0.25) is 14.4 Å². The topological polar surface area (TPSA) is 122 Å². The molecule has 0 saturated heterocycles. The molecular formula is C38H44N4O6. The van der Waals surface area contributed by atoms with Crippen molar-refractivity contribution in [3.63, 3.8) is 0 Å². The molecule has 3 aromatic carbocycles. The average Bonchev–Trinajstić information content (AvgIpc) is 3.30. The zero-order valence-electron chi connectivity index (χ0n) is 28.2. The molecule has 0 radical (unpaired) electrons. The molecule has 2 aliphatic rings. The monoisotopic (exact) mass is 652 g/mol. The summed E-state index contributed by atoms with van der Waals surface area (Å²) >= 11 is 0. The van der Waals surface area contributed by atoms with E-state index < -0.39 is 0 Å². The molecule has 6 rings (SSSR count). The summed E-state index contributed by atoms with van der Waals surface area (Å²) in [6.07, 6.45) is 5.09. The Morgan fingerprint density at radius 3 is 2.54 bits per heavy atom. The molecule has 48 heavy (non-hydrogen) atoms. The van der Waals surface area contributed by atoms with Gasteiger partial charge < -0.3 is 34.7 Å². The number of aryl methyl sites for hydroxylation is 1. The number of para-hydroxylation sites is 1. The molecule has 3 N–H and O–H groups in total. The number of methoxy groups -OCH3 is 3. The maximum Gasteiger partial charge on any atom is 0.222 e. The fraction of sp³-hybridized carbons (Fsp3) is 0.395. The molecule has 1 unspecified atom stereocenters. The fourth-order valence-electron chi connectivity index (χ4n) is 7.22. The summed E-state index contributed by atoms with van der Waals surface area (Å²) in [5.74, 6) is 1.56. The van der Waals surface area contributed by atoms with E-state index in [1.807, 2.05) is 23.1 Å². The van der Waals surface area contributed by atoms with Crippen LogP contribution in [0.15, 0.2) is 53.3 Å². The number of nitrogens with zero attached hydrogens (tertiary/aromatic N) is 1. The Balaban J connectivity index is 1.12. The molecule has 0 spiro atoms. The lowest BCUT2D eigenvalue weighted by atomic mass is 9.95. The quantitative estimate of drug-likeness (QED) is 0.173. The van der Waals surface area contributed by atoms with Gasteiger partial charge in [-0.15, -0.1) is 0 Å². The van der Waals surface area contributed by atoms with Gasteiger partial charge in [-0.1, -0.05) is 30.7 Å². The molecule has 1 atom stereocenters. The van der Waals surface area contributed by atoms with Gasteiger partial charge in [0.25, 0.3) is 0 Å². The number of rotatable bonds is 11. The van der Waals surface area contributed by atoms with Gasteiger partial charge in [0.1, 0.15) is 0 Å². The van der Waals surface area contributed by atoms with E-state index in [9.17, 15) is 14.4 Å². The molecule has 252 valence electrons. The van der Waals surface area contributed by atoms with Crippen molar-refractivity contribution < 1.29 is 23.8 Å². The lowest BCUT2D eigenvalue weighted by Crippen LogP contribution is -2.35. The van der Waals surface area contributed by atoms with Crippen LogP contribution in [0.25, 0.3) is 22.0 Å². The number of hydrogen-bond acceptors (Lipinski definition) is 7. The van der Waals surface area contributed by atoms with Crippen molar-refractivity contribution in [1.82, 2.24) is 15.2 Å². The third-order valence-electron chi connectivity index (χ3n) is 9.53. The number of fused-ring (bicyclic) bond motifs is 6. The number of anilines is 1. The highest BCUT2D eigenvalue weighted by Crippen LogP contribution is 2.50. The molecule has 1 aliphatic carbocycles. The van der Waals surface area contributed by atoms with Crippen molar-refractivity contribution in [2.75, 3.05) is 39.7 Å². The highest BCUT2D eigenvalue weighted by atomic mass is 16.5. The smallest absolute Gasteiger partial charge is 0.222 e. The van der Waals surface area contributed by atoms with Crippen molar-refractivity contribution in [2.24, 2.45) is 0 Å². The third-order valence-corrected chi connectivity index (χ3v) is 9.53. The van der Waals surface area contributed by atoms with E-state index in [4.69, 9.17) is 14.2 Å². The molecule has 1 aliphatic heterocycles. The summed E-state index contributed by atoms with van der Waals surface area (Å²) in [6.45, 7) is 3.46. The van der Waals surface area contributed by atoms with Crippen LogP contribution in [0, 0.1) is 0 Å². The van der Waals surface area contributed by atoms with Crippen LogP contribution in [-0.2, 0) is 29.0 Å². The summed E-state index contributed by atoms with van der Waals surface area (Å²) in [7, 11) is 4.74. The summed E-state index contributed by atoms with van der Waals surface area (Å²) in [4.78, 5) is 44.2. The summed E-state index contributed by atoms with van der Waals surface area (Å²) in [5.41, 5.74) is 7.24. The predicted molar refractivity (Wildman–Crippen MR) is 187 cm³/mol. The van der Waals surface area contributed by atoms with Crippen molar-refractivity contribution >= 4 is 28.4 Å². The maximum absolute atomic E-state index is 13.5. The van der Waals surface area contributed by atoms with Crippen LogP contribution >= 0.6 is 0 Å². The lowest BCUT2D eigenvalue weighted by molar-refractivity contribution is -0.132. The molecule has 2 amide bonds. The van der Waals surface area contributed by atoms with Gasteiger partial charge in [0.05, 0.1) is 39.6 Å². The molecule has 2 heterocycles. The molecule has 0 saturated carbocycles. The van der Waals surface area contributed by atoms with Gasteiger partial charge >= 0.3 is 0 Å². The van der Waals surface area contributed by atoms with Crippen LogP contribution in [0.3, 0.4) is 0 Å². The van der Waals surface area contributed by atoms with Gasteiger partial charge in [0, 0.05) is 48.6 Å². The molecular weight excluding hydrogens is 608 g/mol. The minimum atomic E-state index is -0.361. The van der Waals surface area contributed by atoms with Gasteiger partial charge in [0.15, 0.2) is 11.5 Å². The second-order valence-corrected chi connectivity index (χ2v) is 12.5. The number of hydrogen-bond donors (Lipinski definition) is 3.